The molecule has 144 valence electrons. The Morgan fingerprint density at radius 3 is 2.50 bits per heavy atom. The molecule has 3 aromatic rings. The number of allylic oxidation sites excluding steroid dienone is 1. The maximum atomic E-state index is 9.55. The lowest BCUT2D eigenvalue weighted by Crippen LogP contribution is -1.93. The van der Waals surface area contributed by atoms with Gasteiger partial charge in [-0.1, -0.05) is 30.4 Å². The fraction of sp³-hybridized carbons (Fsp3) is 0.100. The van der Waals surface area contributed by atoms with Gasteiger partial charge in [-0.15, -0.1) is 0 Å². The molecule has 0 aliphatic rings. The number of fused-ring (bicyclic) bond motifs is 1. The van der Waals surface area contributed by atoms with Gasteiger partial charge in [0.05, 0.1) is 19.0 Å². The number of rotatable bonds is 6. The third-order valence-corrected chi connectivity index (χ3v) is 3.45. The van der Waals surface area contributed by atoms with Gasteiger partial charge in [-0.05, 0) is 12.1 Å². The molecule has 0 atom stereocenters. The topological polar surface area (TPSA) is 115 Å². The molecule has 0 fully saturated rings. The standard InChI is InChI=1S/C16H15N3O.C4H4O4/c1-20-16-14(6-4-9-19-10-8-17-12-19)11-13-5-2-3-7-15(13)18-16;5-3(6)1-2-4(7)8/h2-8,10-12H,9H2,1H3;1-2H,(H,5,6)(H,7,8). The summed E-state index contributed by atoms with van der Waals surface area (Å²) in [7, 11) is 1.64. The summed E-state index contributed by atoms with van der Waals surface area (Å²) in [6, 6.07) is 10.1. The highest BCUT2D eigenvalue weighted by molar-refractivity contribution is 5.89. The van der Waals surface area contributed by atoms with Crippen molar-refractivity contribution in [1.29, 1.82) is 0 Å². The number of hydrogen-bond donors (Lipinski definition) is 2. The first-order valence-corrected chi connectivity index (χ1v) is 8.19. The van der Waals surface area contributed by atoms with E-state index in [1.807, 2.05) is 35.0 Å². The van der Waals surface area contributed by atoms with Crippen molar-refractivity contribution < 1.29 is 24.5 Å². The quantitative estimate of drug-likeness (QED) is 0.631. The smallest absolute Gasteiger partial charge is 0.328 e. The van der Waals surface area contributed by atoms with Crippen LogP contribution in [0, 0.1) is 0 Å². The first-order chi connectivity index (χ1) is 13.5. The van der Waals surface area contributed by atoms with Gasteiger partial charge in [0, 0.05) is 42.0 Å². The minimum absolute atomic E-state index is 0.558. The van der Waals surface area contributed by atoms with Crippen LogP contribution >= 0.6 is 0 Å². The number of benzene rings is 1. The summed E-state index contributed by atoms with van der Waals surface area (Å²) in [6.07, 6.45) is 10.7. The van der Waals surface area contributed by atoms with Gasteiger partial charge < -0.3 is 19.5 Å². The number of nitrogens with zero attached hydrogens (tertiary/aromatic N) is 3. The van der Waals surface area contributed by atoms with Crippen LogP contribution in [0.1, 0.15) is 5.56 Å². The molecule has 0 unspecified atom stereocenters. The average Bonchev–Trinajstić information content (AvgIpc) is 3.20. The summed E-state index contributed by atoms with van der Waals surface area (Å²) in [4.78, 5) is 27.6. The Morgan fingerprint density at radius 2 is 1.89 bits per heavy atom. The van der Waals surface area contributed by atoms with Crippen LogP contribution in [0.5, 0.6) is 5.88 Å². The third-order valence-electron chi connectivity index (χ3n) is 3.45. The summed E-state index contributed by atoms with van der Waals surface area (Å²) in [5.41, 5.74) is 1.92. The van der Waals surface area contributed by atoms with E-state index in [1.165, 1.54) is 0 Å². The molecule has 0 aliphatic heterocycles. The molecule has 0 bridgehead atoms. The van der Waals surface area contributed by atoms with Gasteiger partial charge in [0.2, 0.25) is 5.88 Å². The number of carbonyl (C=O) groups is 2. The van der Waals surface area contributed by atoms with E-state index in [0.29, 0.717) is 18.0 Å². The fourth-order valence-electron chi connectivity index (χ4n) is 2.24. The Morgan fingerprint density at radius 1 is 1.18 bits per heavy atom. The number of ether oxygens (including phenoxy) is 1. The van der Waals surface area contributed by atoms with Gasteiger partial charge in [0.1, 0.15) is 0 Å². The van der Waals surface area contributed by atoms with Crippen LogP contribution in [0.4, 0.5) is 0 Å². The lowest BCUT2D eigenvalue weighted by atomic mass is 10.1. The van der Waals surface area contributed by atoms with Crippen molar-refractivity contribution in [3.63, 3.8) is 0 Å². The molecule has 8 heteroatoms. The Hall–Kier alpha value is -3.94. The fourth-order valence-corrected chi connectivity index (χ4v) is 2.24. The molecule has 8 nitrogen and oxygen atoms in total. The predicted molar refractivity (Wildman–Crippen MR) is 104 cm³/mol. The maximum Gasteiger partial charge on any atom is 0.328 e. The monoisotopic (exact) mass is 381 g/mol. The van der Waals surface area contributed by atoms with Crippen LogP contribution < -0.4 is 4.74 Å². The van der Waals surface area contributed by atoms with Crippen molar-refractivity contribution in [2.24, 2.45) is 0 Å². The molecule has 28 heavy (non-hydrogen) atoms. The Balaban J connectivity index is 0.000000300. The lowest BCUT2D eigenvalue weighted by Gasteiger charge is -2.06. The molecule has 1 aromatic carbocycles. The second-order valence-electron chi connectivity index (χ2n) is 5.45. The number of aliphatic carboxylic acids is 2. The molecule has 0 aliphatic carbocycles. The van der Waals surface area contributed by atoms with E-state index in [1.54, 1.807) is 19.6 Å². The second kappa shape index (κ2) is 10.3. The van der Waals surface area contributed by atoms with Crippen LogP contribution in [-0.4, -0.2) is 43.8 Å². The van der Waals surface area contributed by atoms with Gasteiger partial charge in [0.25, 0.3) is 0 Å². The van der Waals surface area contributed by atoms with Crippen molar-refractivity contribution in [2.75, 3.05) is 7.11 Å². The van der Waals surface area contributed by atoms with Gasteiger partial charge in [-0.3, -0.25) is 0 Å². The van der Waals surface area contributed by atoms with Gasteiger partial charge in [-0.2, -0.15) is 0 Å². The highest BCUT2D eigenvalue weighted by Crippen LogP contribution is 2.23. The predicted octanol–water partition coefficient (Wildman–Crippen LogP) is 2.87. The molecule has 0 saturated heterocycles. The number of carboxylic acid groups (broad SMARTS) is 2. The third kappa shape index (κ3) is 6.41. The molecule has 0 radical (unpaired) electrons. The summed E-state index contributed by atoms with van der Waals surface area (Å²) in [5.74, 6) is -1.87. The van der Waals surface area contributed by atoms with E-state index in [-0.39, 0.29) is 0 Å². The zero-order valence-electron chi connectivity index (χ0n) is 15.1. The molecule has 2 N–H and O–H groups in total. The molecule has 2 aromatic heterocycles. The number of para-hydroxylation sites is 1. The summed E-state index contributed by atoms with van der Waals surface area (Å²) >= 11 is 0. The second-order valence-corrected chi connectivity index (χ2v) is 5.45. The minimum Gasteiger partial charge on any atom is -0.481 e. The van der Waals surface area contributed by atoms with Crippen LogP contribution in [0.3, 0.4) is 0 Å². The zero-order valence-corrected chi connectivity index (χ0v) is 15.1. The molecular formula is C20H19N3O5. The number of hydrogen-bond acceptors (Lipinski definition) is 5. The Kier molecular flexibility index (Phi) is 7.47. The van der Waals surface area contributed by atoms with Crippen LogP contribution in [-0.2, 0) is 16.1 Å². The summed E-state index contributed by atoms with van der Waals surface area (Å²) < 4.78 is 7.36. The Labute approximate surface area is 161 Å². The van der Waals surface area contributed by atoms with Crippen molar-refractivity contribution in [2.45, 2.75) is 6.54 Å². The van der Waals surface area contributed by atoms with E-state index < -0.39 is 11.9 Å². The summed E-state index contributed by atoms with van der Waals surface area (Å²) in [5, 5.41) is 16.7. The number of imidazole rings is 1. The van der Waals surface area contributed by atoms with Crippen molar-refractivity contribution in [1.82, 2.24) is 14.5 Å². The van der Waals surface area contributed by atoms with Crippen molar-refractivity contribution >= 4 is 28.9 Å². The molecule has 0 amide bonds. The maximum absolute atomic E-state index is 9.55. The highest BCUT2D eigenvalue weighted by Gasteiger charge is 2.04. The molecule has 0 saturated carbocycles. The van der Waals surface area contributed by atoms with E-state index in [0.717, 1.165) is 23.0 Å². The van der Waals surface area contributed by atoms with Crippen molar-refractivity contribution in [3.8, 4) is 5.88 Å². The van der Waals surface area contributed by atoms with Crippen LogP contribution in [0.25, 0.3) is 17.0 Å². The van der Waals surface area contributed by atoms with Gasteiger partial charge in [-0.25, -0.2) is 19.6 Å². The van der Waals surface area contributed by atoms with Gasteiger partial charge >= 0.3 is 11.9 Å². The number of carboxylic acids is 2. The van der Waals surface area contributed by atoms with E-state index in [4.69, 9.17) is 14.9 Å². The van der Waals surface area contributed by atoms with Crippen LogP contribution in [0.15, 0.2) is 67.3 Å². The van der Waals surface area contributed by atoms with E-state index >= 15 is 0 Å². The van der Waals surface area contributed by atoms with E-state index in [9.17, 15) is 9.59 Å². The first-order valence-electron chi connectivity index (χ1n) is 8.19. The minimum atomic E-state index is -1.26. The normalized spacial score (nSPS) is 10.8. The SMILES string of the molecule is COc1nc2ccccc2cc1C=CCn1ccnc1.O=C(O)C=CC(=O)O. The summed E-state index contributed by atoms with van der Waals surface area (Å²) in [6.45, 7) is 0.774. The zero-order chi connectivity index (χ0) is 20.4. The van der Waals surface area contributed by atoms with Gasteiger partial charge in [0.15, 0.2) is 0 Å². The molecule has 3 rings (SSSR count). The highest BCUT2D eigenvalue weighted by atomic mass is 16.5. The molecule has 2 heterocycles. The van der Waals surface area contributed by atoms with Crippen LogP contribution in [0.2, 0.25) is 0 Å². The molecular weight excluding hydrogens is 362 g/mol. The number of pyridine rings is 1. The van der Waals surface area contributed by atoms with E-state index in [2.05, 4.69) is 28.2 Å². The number of aromatic nitrogens is 3. The van der Waals surface area contributed by atoms with Crippen molar-refractivity contribution in [3.05, 3.63) is 72.8 Å². The largest absolute Gasteiger partial charge is 0.481 e. The average molecular weight is 381 g/mol. The Bertz CT molecular complexity index is 978. The molecule has 0 spiro atoms. The lowest BCUT2D eigenvalue weighted by molar-refractivity contribution is -0.134. The first kappa shape index (κ1) is 20.4. The number of methoxy groups -OCH3 is 1.